The normalized spacial score (nSPS) is 24.1. The number of ether oxygens (including phenoxy) is 2. The van der Waals surface area contributed by atoms with Crippen LogP contribution in [0.3, 0.4) is 0 Å². The Kier molecular flexibility index (Phi) is 26.6. The van der Waals surface area contributed by atoms with Gasteiger partial charge in [0.05, 0.1) is 6.61 Å². The second-order valence-electron chi connectivity index (χ2n) is 13.8. The molecule has 296 valence electrons. The number of carbonyl (C=O) groups excluding carboxylic acids is 2. The minimum atomic E-state index is -5.08. The van der Waals surface area contributed by atoms with Crippen LogP contribution in [0.15, 0.2) is 0 Å². The molecule has 1 aliphatic carbocycles. The molecule has 0 aromatic heterocycles. The second kappa shape index (κ2) is 28.4. The molecule has 6 unspecified atom stereocenters. The van der Waals surface area contributed by atoms with E-state index in [-0.39, 0.29) is 12.8 Å². The van der Waals surface area contributed by atoms with Crippen LogP contribution in [0.25, 0.3) is 0 Å². The van der Waals surface area contributed by atoms with E-state index in [2.05, 4.69) is 6.92 Å². The Morgan fingerprint density at radius 1 is 0.560 bits per heavy atom. The number of aliphatic hydroxyl groups is 5. The molecule has 13 nitrogen and oxygen atoms in total. The summed E-state index contributed by atoms with van der Waals surface area (Å²) >= 11 is 0. The Bertz CT molecular complexity index is 906. The Morgan fingerprint density at radius 3 is 1.34 bits per heavy atom. The van der Waals surface area contributed by atoms with Gasteiger partial charge in [-0.2, -0.15) is 0 Å². The van der Waals surface area contributed by atoms with Gasteiger partial charge in [-0.1, -0.05) is 142 Å². The molecule has 0 radical (unpaired) electrons. The van der Waals surface area contributed by atoms with E-state index in [4.69, 9.17) is 18.5 Å². The van der Waals surface area contributed by atoms with Gasteiger partial charge in [-0.3, -0.25) is 18.6 Å². The summed E-state index contributed by atoms with van der Waals surface area (Å²) in [6.45, 7) is 2.65. The maximum Gasteiger partial charge on any atom is 0.472 e. The summed E-state index contributed by atoms with van der Waals surface area (Å²) in [5.74, 6) is -1.19. The average Bonchev–Trinajstić information content (AvgIpc) is 3.10. The predicted molar refractivity (Wildman–Crippen MR) is 189 cm³/mol. The maximum atomic E-state index is 12.5. The fraction of sp³-hybridized carbons (Fsp3) is 0.944. The molecule has 0 saturated heterocycles. The molecule has 1 rings (SSSR count). The van der Waals surface area contributed by atoms with Crippen LogP contribution in [0, 0.1) is 0 Å². The minimum absolute atomic E-state index is 0.0521. The third kappa shape index (κ3) is 21.4. The fourth-order valence-electron chi connectivity index (χ4n) is 6.03. The summed E-state index contributed by atoms with van der Waals surface area (Å²) in [5, 5.41) is 49.5. The lowest BCUT2D eigenvalue weighted by molar-refractivity contribution is -0.220. The first kappa shape index (κ1) is 46.9. The number of hydrogen-bond donors (Lipinski definition) is 6. The van der Waals surface area contributed by atoms with E-state index >= 15 is 0 Å². The molecule has 14 heteroatoms. The number of aliphatic hydroxyl groups excluding tert-OH is 5. The zero-order chi connectivity index (χ0) is 37.2. The lowest BCUT2D eigenvalue weighted by atomic mass is 9.85. The third-order valence-electron chi connectivity index (χ3n) is 9.25. The summed E-state index contributed by atoms with van der Waals surface area (Å²) in [6, 6.07) is 0. The van der Waals surface area contributed by atoms with Gasteiger partial charge in [-0.25, -0.2) is 4.57 Å². The van der Waals surface area contributed by atoms with E-state index in [0.717, 1.165) is 19.3 Å². The van der Waals surface area contributed by atoms with Crippen molar-refractivity contribution in [1.82, 2.24) is 0 Å². The number of esters is 2. The minimum Gasteiger partial charge on any atom is -0.462 e. The van der Waals surface area contributed by atoms with Crippen LogP contribution in [-0.2, 0) is 32.7 Å². The Morgan fingerprint density at radius 2 is 0.940 bits per heavy atom. The van der Waals surface area contributed by atoms with Gasteiger partial charge in [0.25, 0.3) is 0 Å². The molecule has 1 aliphatic rings. The van der Waals surface area contributed by atoms with Gasteiger partial charge in [0.1, 0.15) is 43.2 Å². The second-order valence-corrected chi connectivity index (χ2v) is 15.2. The highest BCUT2D eigenvalue weighted by molar-refractivity contribution is 7.47. The summed E-state index contributed by atoms with van der Waals surface area (Å²) in [5.41, 5.74) is 0. The van der Waals surface area contributed by atoms with E-state index in [1.807, 2.05) is 0 Å². The molecule has 0 amide bonds. The molecule has 6 atom stereocenters. The van der Waals surface area contributed by atoms with Crippen LogP contribution in [0.2, 0.25) is 0 Å². The fourth-order valence-corrected chi connectivity index (χ4v) is 7.01. The molecule has 1 fully saturated rings. The van der Waals surface area contributed by atoms with E-state index in [1.165, 1.54) is 109 Å². The molecule has 0 aromatic rings. The summed E-state index contributed by atoms with van der Waals surface area (Å²) < 4.78 is 32.5. The predicted octanol–water partition coefficient (Wildman–Crippen LogP) is 5.77. The molecule has 0 spiro atoms. The zero-order valence-corrected chi connectivity index (χ0v) is 31.6. The quantitative estimate of drug-likeness (QED) is 0.0284. The molecule has 50 heavy (non-hydrogen) atoms. The molecule has 0 bridgehead atoms. The van der Waals surface area contributed by atoms with Crippen LogP contribution < -0.4 is 0 Å². The van der Waals surface area contributed by atoms with Crippen molar-refractivity contribution >= 4 is 19.8 Å². The largest absolute Gasteiger partial charge is 0.472 e. The van der Waals surface area contributed by atoms with E-state index < -0.39 is 75.7 Å². The zero-order valence-electron chi connectivity index (χ0n) is 30.7. The molecule has 6 N–H and O–H groups in total. The molecule has 0 heterocycles. The lowest BCUT2D eigenvalue weighted by Crippen LogP contribution is -2.64. The van der Waals surface area contributed by atoms with Gasteiger partial charge in [0, 0.05) is 12.8 Å². The first-order valence-corrected chi connectivity index (χ1v) is 20.8. The Hall–Kier alpha value is -1.15. The molecule has 1 saturated carbocycles. The number of phosphoric ester groups is 1. The standard InChI is InChI=1S/C36H69O13P/c1-3-5-6-7-8-9-10-11-12-13-14-15-16-17-18-19-20-21-22-23-24-25-30(38)48-28(26-46-29(37)4-2)27-47-50(44,45)49-36-34(42)32(40)31(39)33(41)35(36)43/h28,31-36,39-43H,3-27H2,1-2H3,(H,44,45). The van der Waals surface area contributed by atoms with Crippen LogP contribution in [0.5, 0.6) is 0 Å². The Labute approximate surface area is 300 Å². The molecular formula is C36H69O13P. The van der Waals surface area contributed by atoms with E-state index in [9.17, 15) is 44.6 Å². The van der Waals surface area contributed by atoms with Gasteiger partial charge in [-0.05, 0) is 6.42 Å². The first-order valence-electron chi connectivity index (χ1n) is 19.3. The molecule has 0 aliphatic heterocycles. The average molecular weight is 741 g/mol. The third-order valence-corrected chi connectivity index (χ3v) is 10.2. The van der Waals surface area contributed by atoms with Gasteiger partial charge in [0.15, 0.2) is 6.10 Å². The van der Waals surface area contributed by atoms with Gasteiger partial charge >= 0.3 is 19.8 Å². The highest BCUT2D eigenvalue weighted by atomic mass is 31.2. The number of phosphoric acid groups is 1. The van der Waals surface area contributed by atoms with Crippen molar-refractivity contribution < 1.29 is 63.1 Å². The molecular weight excluding hydrogens is 671 g/mol. The van der Waals surface area contributed by atoms with Crippen molar-refractivity contribution in [2.24, 2.45) is 0 Å². The monoisotopic (exact) mass is 740 g/mol. The highest BCUT2D eigenvalue weighted by Crippen LogP contribution is 2.47. The maximum absolute atomic E-state index is 12.5. The van der Waals surface area contributed by atoms with Crippen LogP contribution in [-0.4, -0.2) is 98.3 Å². The number of carbonyl (C=O) groups is 2. The van der Waals surface area contributed by atoms with Crippen molar-refractivity contribution in [2.45, 2.75) is 204 Å². The van der Waals surface area contributed by atoms with E-state index in [1.54, 1.807) is 6.92 Å². The smallest absolute Gasteiger partial charge is 0.462 e. The Balaban J connectivity index is 2.19. The van der Waals surface area contributed by atoms with Crippen molar-refractivity contribution in [3.05, 3.63) is 0 Å². The van der Waals surface area contributed by atoms with Crippen molar-refractivity contribution in [1.29, 1.82) is 0 Å². The van der Waals surface area contributed by atoms with Crippen LogP contribution in [0.4, 0.5) is 0 Å². The van der Waals surface area contributed by atoms with Gasteiger partial charge in [-0.15, -0.1) is 0 Å². The van der Waals surface area contributed by atoms with Crippen molar-refractivity contribution in [3.8, 4) is 0 Å². The lowest BCUT2D eigenvalue weighted by Gasteiger charge is -2.41. The summed E-state index contributed by atoms with van der Waals surface area (Å²) in [4.78, 5) is 34.3. The van der Waals surface area contributed by atoms with Crippen LogP contribution >= 0.6 is 7.82 Å². The summed E-state index contributed by atoms with van der Waals surface area (Å²) in [7, 11) is -5.08. The molecule has 0 aromatic carbocycles. The SMILES string of the molecule is CCCCCCCCCCCCCCCCCCCCCCCC(=O)OC(COC(=O)CC)COP(=O)(O)OC1C(O)C(O)C(O)C(O)C1O. The van der Waals surface area contributed by atoms with Crippen molar-refractivity contribution in [3.63, 3.8) is 0 Å². The first-order chi connectivity index (χ1) is 23.9. The highest BCUT2D eigenvalue weighted by Gasteiger charge is 2.51. The van der Waals surface area contributed by atoms with Crippen LogP contribution in [0.1, 0.15) is 162 Å². The van der Waals surface area contributed by atoms with E-state index in [0.29, 0.717) is 6.42 Å². The topological polar surface area (TPSA) is 210 Å². The van der Waals surface area contributed by atoms with Gasteiger partial charge in [0.2, 0.25) is 0 Å². The summed E-state index contributed by atoms with van der Waals surface area (Å²) in [6.07, 6.45) is 13.3. The van der Waals surface area contributed by atoms with Crippen molar-refractivity contribution in [2.75, 3.05) is 13.2 Å². The number of hydrogen-bond acceptors (Lipinski definition) is 12. The number of rotatable bonds is 31. The number of unbranched alkanes of at least 4 members (excludes halogenated alkanes) is 20. The van der Waals surface area contributed by atoms with Gasteiger partial charge < -0.3 is 39.9 Å².